The molecule has 2 atom stereocenters. The molecule has 1 aromatic carbocycles. The molecule has 1 saturated heterocycles. The van der Waals surface area contributed by atoms with E-state index in [9.17, 15) is 14.3 Å². The van der Waals surface area contributed by atoms with E-state index >= 15 is 0 Å². The zero-order valence-electron chi connectivity index (χ0n) is 17.7. The maximum atomic E-state index is 13.3. The van der Waals surface area contributed by atoms with Crippen LogP contribution in [0, 0.1) is 11.7 Å². The summed E-state index contributed by atoms with van der Waals surface area (Å²) in [5.41, 5.74) is 6.48. The number of carbonyl (C=O) groups is 1. The molecule has 1 amide bonds. The second-order valence-corrected chi connectivity index (χ2v) is 8.49. The van der Waals surface area contributed by atoms with Gasteiger partial charge in [-0.15, -0.1) is 0 Å². The summed E-state index contributed by atoms with van der Waals surface area (Å²) in [5, 5.41) is 11.7. The fourth-order valence-electron chi connectivity index (χ4n) is 4.36. The van der Waals surface area contributed by atoms with Gasteiger partial charge in [0.1, 0.15) is 5.82 Å². The number of rotatable bonds is 8. The zero-order chi connectivity index (χ0) is 21.7. The summed E-state index contributed by atoms with van der Waals surface area (Å²) in [6.07, 6.45) is 5.17. The summed E-state index contributed by atoms with van der Waals surface area (Å²) in [6, 6.07) is 8.58. The molecule has 2 heterocycles. The first-order chi connectivity index (χ1) is 14.3. The Morgan fingerprint density at radius 3 is 2.87 bits per heavy atom. The van der Waals surface area contributed by atoms with Crippen LogP contribution in [0.1, 0.15) is 34.3 Å². The highest BCUT2D eigenvalue weighted by molar-refractivity contribution is 5.92. The molecule has 30 heavy (non-hydrogen) atoms. The molecule has 7 heteroatoms. The van der Waals surface area contributed by atoms with Crippen LogP contribution in [0.2, 0.25) is 0 Å². The lowest BCUT2D eigenvalue weighted by Gasteiger charge is -2.46. The van der Waals surface area contributed by atoms with Crippen LogP contribution in [0.15, 0.2) is 42.7 Å². The van der Waals surface area contributed by atoms with Crippen molar-refractivity contribution >= 4 is 5.91 Å². The predicted octanol–water partition coefficient (Wildman–Crippen LogP) is 2.02. The average Bonchev–Trinajstić information content (AvgIpc) is 2.70. The van der Waals surface area contributed by atoms with Crippen molar-refractivity contribution in [3.05, 3.63) is 65.2 Å². The zero-order valence-corrected chi connectivity index (χ0v) is 17.7. The minimum absolute atomic E-state index is 0.0137. The Labute approximate surface area is 177 Å². The summed E-state index contributed by atoms with van der Waals surface area (Å²) in [7, 11) is 3.99. The highest BCUT2D eigenvalue weighted by Gasteiger charge is 2.43. The Morgan fingerprint density at radius 1 is 1.37 bits per heavy atom. The number of piperidine rings is 1. The monoisotopic (exact) mass is 414 g/mol. The van der Waals surface area contributed by atoms with Gasteiger partial charge < -0.3 is 20.6 Å². The Morgan fingerprint density at radius 2 is 2.17 bits per heavy atom. The molecule has 0 spiro atoms. The number of nitrogens with two attached hydrogens (primary N) is 1. The van der Waals surface area contributed by atoms with Gasteiger partial charge in [-0.2, -0.15) is 0 Å². The van der Waals surface area contributed by atoms with E-state index in [-0.39, 0.29) is 11.7 Å². The maximum Gasteiger partial charge on any atom is 0.248 e. The van der Waals surface area contributed by atoms with Crippen LogP contribution in [0.25, 0.3) is 0 Å². The van der Waals surface area contributed by atoms with Gasteiger partial charge in [-0.3, -0.25) is 9.78 Å². The number of aromatic nitrogens is 1. The second-order valence-electron chi connectivity index (χ2n) is 8.49. The molecule has 3 N–H and O–H groups in total. The highest BCUT2D eigenvalue weighted by atomic mass is 19.1. The predicted molar refractivity (Wildman–Crippen MR) is 114 cm³/mol. The first kappa shape index (κ1) is 22.3. The molecule has 1 fully saturated rings. The quantitative estimate of drug-likeness (QED) is 0.691. The lowest BCUT2D eigenvalue weighted by molar-refractivity contribution is -0.0846. The van der Waals surface area contributed by atoms with Gasteiger partial charge >= 0.3 is 0 Å². The van der Waals surface area contributed by atoms with Crippen LogP contribution >= 0.6 is 0 Å². The normalized spacial score (nSPS) is 22.4. The van der Waals surface area contributed by atoms with Gasteiger partial charge in [0.15, 0.2) is 0 Å². The van der Waals surface area contributed by atoms with E-state index in [2.05, 4.69) is 14.8 Å². The van der Waals surface area contributed by atoms with E-state index < -0.39 is 11.5 Å². The molecule has 0 bridgehead atoms. The molecule has 0 radical (unpaired) electrons. The van der Waals surface area contributed by atoms with Crippen molar-refractivity contribution in [2.45, 2.75) is 24.9 Å². The number of hydrogen-bond donors (Lipinski definition) is 2. The minimum atomic E-state index is -1.02. The van der Waals surface area contributed by atoms with Crippen molar-refractivity contribution in [1.82, 2.24) is 14.8 Å². The van der Waals surface area contributed by atoms with Gasteiger partial charge in [0.2, 0.25) is 5.91 Å². The van der Waals surface area contributed by atoms with Crippen molar-refractivity contribution < 1.29 is 14.3 Å². The number of carbonyl (C=O) groups excluding carboxylic acids is 1. The number of aryl methyl sites for hydroxylation is 1. The third kappa shape index (κ3) is 5.41. The van der Waals surface area contributed by atoms with Crippen LogP contribution in [-0.4, -0.2) is 66.1 Å². The number of amides is 1. The molecule has 0 saturated carbocycles. The molecule has 1 aliphatic heterocycles. The topological polar surface area (TPSA) is 82.7 Å². The van der Waals surface area contributed by atoms with Crippen molar-refractivity contribution in [2.75, 3.05) is 40.3 Å². The lowest BCUT2D eigenvalue weighted by atomic mass is 9.75. The summed E-state index contributed by atoms with van der Waals surface area (Å²) >= 11 is 0. The number of likely N-dealkylation sites (tertiary alicyclic amines) is 1. The Bertz CT molecular complexity index is 876. The molecule has 0 aliphatic carbocycles. The van der Waals surface area contributed by atoms with E-state index in [0.717, 1.165) is 50.1 Å². The molecule has 6 nitrogen and oxygen atoms in total. The van der Waals surface area contributed by atoms with E-state index in [1.54, 1.807) is 24.4 Å². The van der Waals surface area contributed by atoms with Gasteiger partial charge in [0, 0.05) is 37.3 Å². The molecule has 2 aromatic rings. The molecule has 3 rings (SSSR count). The van der Waals surface area contributed by atoms with Gasteiger partial charge in [-0.25, -0.2) is 4.39 Å². The third-order valence-electron chi connectivity index (χ3n) is 5.90. The van der Waals surface area contributed by atoms with Gasteiger partial charge in [0.25, 0.3) is 0 Å². The molecule has 162 valence electrons. The van der Waals surface area contributed by atoms with Crippen molar-refractivity contribution in [2.24, 2.45) is 11.7 Å². The first-order valence-electron chi connectivity index (χ1n) is 10.4. The van der Waals surface area contributed by atoms with Crippen molar-refractivity contribution in [3.63, 3.8) is 0 Å². The standard InChI is InChI=1S/C23H31FN4O2/c1-27(2)15-20-16-28(9-4-5-17-11-21(24)14-26-13-17)10-8-23(20,30)19-7-3-6-18(12-19)22(25)29/h3,6-7,11-14,20,30H,4-5,8-10,15-16H2,1-2H3,(H2,25,29)/t20?,23-/m0/s1. The summed E-state index contributed by atoms with van der Waals surface area (Å²) in [5.74, 6) is -0.811. The van der Waals surface area contributed by atoms with E-state index in [1.807, 2.05) is 20.2 Å². The summed E-state index contributed by atoms with van der Waals surface area (Å²) in [6.45, 7) is 3.10. The van der Waals surface area contributed by atoms with E-state index in [1.165, 1.54) is 12.3 Å². The number of nitrogens with zero attached hydrogens (tertiary/aromatic N) is 3. The lowest BCUT2D eigenvalue weighted by Crippen LogP contribution is -2.53. The molecular formula is C23H31FN4O2. The fourth-order valence-corrected chi connectivity index (χ4v) is 4.36. The van der Waals surface area contributed by atoms with Crippen LogP contribution < -0.4 is 5.73 Å². The number of benzene rings is 1. The van der Waals surface area contributed by atoms with Gasteiger partial charge in [-0.05, 0) is 69.2 Å². The Balaban J connectivity index is 1.69. The summed E-state index contributed by atoms with van der Waals surface area (Å²) < 4.78 is 13.3. The molecule has 1 aliphatic rings. The number of aliphatic hydroxyl groups is 1. The minimum Gasteiger partial charge on any atom is -0.385 e. The maximum absolute atomic E-state index is 13.3. The number of hydrogen-bond acceptors (Lipinski definition) is 5. The second kappa shape index (κ2) is 9.64. The molecular weight excluding hydrogens is 383 g/mol. The molecule has 1 unspecified atom stereocenters. The fraction of sp³-hybridized carbons (Fsp3) is 0.478. The largest absolute Gasteiger partial charge is 0.385 e. The van der Waals surface area contributed by atoms with Crippen LogP contribution in [0.5, 0.6) is 0 Å². The van der Waals surface area contributed by atoms with Crippen molar-refractivity contribution in [3.8, 4) is 0 Å². The SMILES string of the molecule is CN(C)CC1CN(CCCc2cncc(F)c2)CC[C@]1(O)c1cccc(C(N)=O)c1. The average molecular weight is 415 g/mol. The number of pyridine rings is 1. The Kier molecular flexibility index (Phi) is 7.18. The third-order valence-corrected chi connectivity index (χ3v) is 5.90. The van der Waals surface area contributed by atoms with Crippen molar-refractivity contribution in [1.29, 1.82) is 0 Å². The van der Waals surface area contributed by atoms with Gasteiger partial charge in [-0.1, -0.05) is 12.1 Å². The van der Waals surface area contributed by atoms with Crippen LogP contribution in [-0.2, 0) is 12.0 Å². The van der Waals surface area contributed by atoms with Crippen LogP contribution in [0.4, 0.5) is 4.39 Å². The summed E-state index contributed by atoms with van der Waals surface area (Å²) in [4.78, 5) is 19.9. The van der Waals surface area contributed by atoms with Crippen LogP contribution in [0.3, 0.4) is 0 Å². The first-order valence-corrected chi connectivity index (χ1v) is 10.4. The van der Waals surface area contributed by atoms with Gasteiger partial charge in [0.05, 0.1) is 11.8 Å². The molecule has 1 aromatic heterocycles. The number of primary amides is 1. The smallest absolute Gasteiger partial charge is 0.248 e. The highest BCUT2D eigenvalue weighted by Crippen LogP contribution is 2.38. The number of halogens is 1. The van der Waals surface area contributed by atoms with E-state index in [0.29, 0.717) is 12.0 Å². The Hall–Kier alpha value is -2.35. The van der Waals surface area contributed by atoms with E-state index in [4.69, 9.17) is 5.73 Å².